The van der Waals surface area contributed by atoms with E-state index in [0.717, 1.165) is 23.1 Å². The normalized spacial score (nSPS) is 19.0. The molecule has 1 aliphatic heterocycles. The molecule has 1 amide bonds. The molecule has 2 aromatic rings. The van der Waals surface area contributed by atoms with Gasteiger partial charge in [0, 0.05) is 38.4 Å². The third-order valence-electron chi connectivity index (χ3n) is 4.50. The molecule has 1 saturated heterocycles. The summed E-state index contributed by atoms with van der Waals surface area (Å²) in [6.07, 6.45) is 4.38. The first-order valence-electron chi connectivity index (χ1n) is 8.27. The first kappa shape index (κ1) is 16.5. The number of carbonyl (C=O) groups is 1. The van der Waals surface area contributed by atoms with Crippen molar-refractivity contribution in [1.82, 2.24) is 9.88 Å². The van der Waals surface area contributed by atoms with E-state index in [9.17, 15) is 4.79 Å². The van der Waals surface area contributed by atoms with Gasteiger partial charge >= 0.3 is 6.09 Å². The van der Waals surface area contributed by atoms with Crippen LogP contribution in [-0.4, -0.2) is 40.3 Å². The van der Waals surface area contributed by atoms with Crippen molar-refractivity contribution in [3.8, 4) is 11.1 Å². The summed E-state index contributed by atoms with van der Waals surface area (Å²) in [5.74, 6) is 0. The van der Waals surface area contributed by atoms with E-state index in [2.05, 4.69) is 4.98 Å². The zero-order valence-electron chi connectivity index (χ0n) is 13.8. The largest absolute Gasteiger partial charge is 0.446 e. The number of hydrogen-bond acceptors (Lipinski definition) is 4. The smallest absolute Gasteiger partial charge is 0.410 e. The molecule has 2 atom stereocenters. The topological polar surface area (TPSA) is 62.7 Å². The number of carbonyl (C=O) groups excluding carboxylic acids is 1. The molecule has 2 heterocycles. The van der Waals surface area contributed by atoms with Gasteiger partial charge in [-0.25, -0.2) is 4.79 Å². The number of aromatic nitrogens is 1. The van der Waals surface area contributed by atoms with Crippen LogP contribution < -0.4 is 0 Å². The predicted octanol–water partition coefficient (Wildman–Crippen LogP) is 3.40. The van der Waals surface area contributed by atoms with E-state index >= 15 is 0 Å². The monoisotopic (exact) mass is 326 g/mol. The average Bonchev–Trinajstić information content (AvgIpc) is 2.62. The second kappa shape index (κ2) is 7.45. The number of nitrogens with zero attached hydrogens (tertiary/aromatic N) is 2. The third-order valence-corrected chi connectivity index (χ3v) is 4.50. The van der Waals surface area contributed by atoms with Crippen LogP contribution in [0, 0.1) is 0 Å². The molecule has 5 nitrogen and oxygen atoms in total. The molecule has 0 aliphatic carbocycles. The van der Waals surface area contributed by atoms with Gasteiger partial charge in [0.1, 0.15) is 6.10 Å². The lowest BCUT2D eigenvalue weighted by Crippen LogP contribution is -2.43. The molecule has 5 heteroatoms. The number of benzene rings is 1. The SMILES string of the molecule is CC(c1ccc(-c2cccnc2)cc1)N1CCC(CCO)OC1=O. The number of ether oxygens (including phenoxy) is 1. The highest BCUT2D eigenvalue weighted by Crippen LogP contribution is 2.27. The Labute approximate surface area is 141 Å². The van der Waals surface area contributed by atoms with Crippen molar-refractivity contribution >= 4 is 6.09 Å². The van der Waals surface area contributed by atoms with Crippen LogP contribution in [0.2, 0.25) is 0 Å². The van der Waals surface area contributed by atoms with E-state index in [1.54, 1.807) is 11.1 Å². The molecule has 24 heavy (non-hydrogen) atoms. The summed E-state index contributed by atoms with van der Waals surface area (Å²) >= 11 is 0. The maximum atomic E-state index is 12.2. The van der Waals surface area contributed by atoms with Crippen molar-refractivity contribution in [1.29, 1.82) is 0 Å². The van der Waals surface area contributed by atoms with Gasteiger partial charge in [-0.15, -0.1) is 0 Å². The molecule has 1 fully saturated rings. The summed E-state index contributed by atoms with van der Waals surface area (Å²) in [4.78, 5) is 18.1. The lowest BCUT2D eigenvalue weighted by atomic mass is 10.0. The molecule has 1 aromatic heterocycles. The Balaban J connectivity index is 1.69. The third kappa shape index (κ3) is 3.57. The molecule has 1 aromatic carbocycles. The fraction of sp³-hybridized carbons (Fsp3) is 0.368. The van der Waals surface area contributed by atoms with Crippen molar-refractivity contribution in [2.45, 2.75) is 31.9 Å². The number of rotatable bonds is 5. The van der Waals surface area contributed by atoms with Crippen LogP contribution in [-0.2, 0) is 4.74 Å². The van der Waals surface area contributed by atoms with Gasteiger partial charge in [-0.2, -0.15) is 0 Å². The lowest BCUT2D eigenvalue weighted by molar-refractivity contribution is 0.00401. The van der Waals surface area contributed by atoms with Gasteiger partial charge < -0.3 is 14.7 Å². The van der Waals surface area contributed by atoms with E-state index in [4.69, 9.17) is 9.84 Å². The van der Waals surface area contributed by atoms with Gasteiger partial charge in [-0.05, 0) is 29.7 Å². The molecule has 2 unspecified atom stereocenters. The number of aliphatic hydroxyl groups excluding tert-OH is 1. The maximum Gasteiger partial charge on any atom is 0.410 e. The van der Waals surface area contributed by atoms with Gasteiger partial charge in [-0.1, -0.05) is 30.3 Å². The summed E-state index contributed by atoms with van der Waals surface area (Å²) in [7, 11) is 0. The van der Waals surface area contributed by atoms with E-state index < -0.39 is 0 Å². The fourth-order valence-corrected chi connectivity index (χ4v) is 3.01. The highest BCUT2D eigenvalue weighted by Gasteiger charge is 2.30. The van der Waals surface area contributed by atoms with Crippen LogP contribution in [0.25, 0.3) is 11.1 Å². The second-order valence-electron chi connectivity index (χ2n) is 6.04. The van der Waals surface area contributed by atoms with Crippen molar-refractivity contribution in [3.05, 3.63) is 54.4 Å². The standard InChI is InChI=1S/C19H22N2O3/c1-14(21-11-8-18(9-12-22)24-19(21)23)15-4-6-16(7-5-15)17-3-2-10-20-13-17/h2-7,10,13-14,18,22H,8-9,11-12H2,1H3. The van der Waals surface area contributed by atoms with E-state index in [1.807, 2.05) is 49.5 Å². The fourth-order valence-electron chi connectivity index (χ4n) is 3.01. The van der Waals surface area contributed by atoms with E-state index in [1.165, 1.54) is 0 Å². The Kier molecular flexibility index (Phi) is 5.11. The Bertz CT molecular complexity index is 673. The number of amides is 1. The van der Waals surface area contributed by atoms with Crippen LogP contribution in [0.5, 0.6) is 0 Å². The predicted molar refractivity (Wildman–Crippen MR) is 91.4 cm³/mol. The van der Waals surface area contributed by atoms with Gasteiger partial charge in [0.2, 0.25) is 0 Å². The van der Waals surface area contributed by atoms with Crippen LogP contribution in [0.1, 0.15) is 31.4 Å². The van der Waals surface area contributed by atoms with Crippen LogP contribution in [0.3, 0.4) is 0 Å². The molecular weight excluding hydrogens is 304 g/mol. The van der Waals surface area contributed by atoms with Gasteiger partial charge in [-0.3, -0.25) is 4.98 Å². The molecule has 1 aliphatic rings. The minimum atomic E-state index is -0.302. The van der Waals surface area contributed by atoms with E-state index in [-0.39, 0.29) is 24.8 Å². The number of hydrogen-bond donors (Lipinski definition) is 1. The van der Waals surface area contributed by atoms with Crippen LogP contribution >= 0.6 is 0 Å². The lowest BCUT2D eigenvalue weighted by Gasteiger charge is -2.35. The average molecular weight is 326 g/mol. The Morgan fingerprint density at radius 1 is 1.29 bits per heavy atom. The summed E-state index contributed by atoms with van der Waals surface area (Å²) in [5, 5.41) is 8.97. The number of pyridine rings is 1. The van der Waals surface area contributed by atoms with E-state index in [0.29, 0.717) is 13.0 Å². The number of aliphatic hydroxyl groups is 1. The highest BCUT2D eigenvalue weighted by molar-refractivity contribution is 5.69. The first-order valence-corrected chi connectivity index (χ1v) is 8.27. The van der Waals surface area contributed by atoms with Gasteiger partial charge in [0.05, 0.1) is 6.04 Å². The minimum absolute atomic E-state index is 0.0449. The zero-order chi connectivity index (χ0) is 16.9. The number of cyclic esters (lactones) is 1. The Morgan fingerprint density at radius 2 is 2.08 bits per heavy atom. The zero-order valence-corrected chi connectivity index (χ0v) is 13.8. The molecule has 0 spiro atoms. The first-order chi connectivity index (χ1) is 11.7. The van der Waals surface area contributed by atoms with Crippen molar-refractivity contribution in [3.63, 3.8) is 0 Å². The highest BCUT2D eigenvalue weighted by atomic mass is 16.6. The van der Waals surface area contributed by atoms with Crippen molar-refractivity contribution < 1.29 is 14.6 Å². The molecule has 0 bridgehead atoms. The van der Waals surface area contributed by atoms with Crippen molar-refractivity contribution in [2.75, 3.05) is 13.2 Å². The molecule has 1 N–H and O–H groups in total. The van der Waals surface area contributed by atoms with Gasteiger partial charge in [0.15, 0.2) is 0 Å². The van der Waals surface area contributed by atoms with Crippen molar-refractivity contribution in [2.24, 2.45) is 0 Å². The second-order valence-corrected chi connectivity index (χ2v) is 6.04. The van der Waals surface area contributed by atoms with Crippen LogP contribution in [0.15, 0.2) is 48.8 Å². The molecule has 0 saturated carbocycles. The summed E-state index contributed by atoms with van der Waals surface area (Å²) < 4.78 is 5.39. The summed E-state index contributed by atoms with van der Waals surface area (Å²) in [6, 6.07) is 12.1. The Morgan fingerprint density at radius 3 is 2.71 bits per heavy atom. The maximum absolute atomic E-state index is 12.2. The Hall–Kier alpha value is -2.40. The molecule has 126 valence electrons. The minimum Gasteiger partial charge on any atom is -0.446 e. The summed E-state index contributed by atoms with van der Waals surface area (Å²) in [6.45, 7) is 2.70. The van der Waals surface area contributed by atoms with Gasteiger partial charge in [0.25, 0.3) is 0 Å². The van der Waals surface area contributed by atoms with Crippen LogP contribution in [0.4, 0.5) is 4.79 Å². The molecule has 3 rings (SSSR count). The molecule has 0 radical (unpaired) electrons. The quantitative estimate of drug-likeness (QED) is 0.914. The molecular formula is C19H22N2O3. The summed E-state index contributed by atoms with van der Waals surface area (Å²) in [5.41, 5.74) is 3.24.